The zero-order chi connectivity index (χ0) is 24.8. The Kier molecular flexibility index (Phi) is 6.45. The molecule has 2 aromatic rings. The summed E-state index contributed by atoms with van der Waals surface area (Å²) in [6, 6.07) is 3.20. The summed E-state index contributed by atoms with van der Waals surface area (Å²) in [7, 11) is -4.32. The van der Waals surface area contributed by atoms with E-state index >= 15 is 4.39 Å². The van der Waals surface area contributed by atoms with Crippen molar-refractivity contribution in [1.29, 1.82) is 0 Å². The smallest absolute Gasteiger partial charge is 0.257 e. The molecule has 0 aromatic heterocycles. The van der Waals surface area contributed by atoms with Gasteiger partial charge in [0.15, 0.2) is 6.17 Å². The van der Waals surface area contributed by atoms with Crippen LogP contribution < -0.4 is 4.72 Å². The van der Waals surface area contributed by atoms with Gasteiger partial charge in [-0.1, -0.05) is 18.2 Å². The Morgan fingerprint density at radius 2 is 1.82 bits per heavy atom. The molecule has 1 saturated heterocycles. The zero-order valence-corrected chi connectivity index (χ0v) is 19.0. The molecule has 1 unspecified atom stereocenters. The van der Waals surface area contributed by atoms with Gasteiger partial charge >= 0.3 is 0 Å². The van der Waals surface area contributed by atoms with E-state index in [1.54, 1.807) is 0 Å². The van der Waals surface area contributed by atoms with Gasteiger partial charge in [0, 0.05) is 29.6 Å². The first-order chi connectivity index (χ1) is 16.0. The highest BCUT2D eigenvalue weighted by Crippen LogP contribution is 2.55. The molecule has 184 valence electrons. The van der Waals surface area contributed by atoms with Gasteiger partial charge in [-0.15, -0.1) is 0 Å². The molecular weight excluding hydrogens is 479 g/mol. The minimum Gasteiger partial charge on any atom is -0.335 e. The van der Waals surface area contributed by atoms with Crippen LogP contribution in [0.2, 0.25) is 0 Å². The maximum Gasteiger partial charge on any atom is 0.257 e. The number of alkyl halides is 2. The molecule has 1 aliphatic heterocycles. The van der Waals surface area contributed by atoms with Crippen LogP contribution in [0.15, 0.2) is 36.4 Å². The van der Waals surface area contributed by atoms with Crippen LogP contribution >= 0.6 is 0 Å². The summed E-state index contributed by atoms with van der Waals surface area (Å²) < 4.78 is 96.3. The van der Waals surface area contributed by atoms with Crippen LogP contribution in [0.25, 0.3) is 11.1 Å². The average Bonchev–Trinajstić information content (AvgIpc) is 3.49. The molecule has 2 fully saturated rings. The minimum absolute atomic E-state index is 0.0399. The molecule has 2 aromatic carbocycles. The Bertz CT molecular complexity index is 1200. The lowest BCUT2D eigenvalue weighted by molar-refractivity contribution is -0.137. The highest BCUT2D eigenvalue weighted by Gasteiger charge is 2.61. The summed E-state index contributed by atoms with van der Waals surface area (Å²) in [5.74, 6) is -3.46. The van der Waals surface area contributed by atoms with Crippen molar-refractivity contribution in [2.24, 2.45) is 5.41 Å². The molecule has 2 aliphatic rings. The van der Waals surface area contributed by atoms with Gasteiger partial charge in [-0.25, -0.2) is 35.1 Å². The number of likely N-dealkylation sites (tertiary alicyclic amines) is 1. The third kappa shape index (κ3) is 4.68. The Balaban J connectivity index is 1.74. The van der Waals surface area contributed by atoms with E-state index in [0.29, 0.717) is 18.9 Å². The summed E-state index contributed by atoms with van der Waals surface area (Å²) in [5, 5.41) is 0. The topological polar surface area (TPSA) is 66.5 Å². The maximum atomic E-state index is 15.5. The second-order valence-electron chi connectivity index (χ2n) is 8.97. The fraction of sp³-hybridized carbons (Fsp3) is 0.435. The van der Waals surface area contributed by atoms with Gasteiger partial charge in [0.05, 0.1) is 6.04 Å². The number of hydrogen-bond acceptors (Lipinski definition) is 3. The van der Waals surface area contributed by atoms with Gasteiger partial charge in [-0.2, -0.15) is 0 Å². The van der Waals surface area contributed by atoms with Gasteiger partial charge in [-0.3, -0.25) is 4.79 Å². The van der Waals surface area contributed by atoms with Gasteiger partial charge in [0.1, 0.15) is 17.5 Å². The molecular formula is C23H23F5N2O3S. The van der Waals surface area contributed by atoms with Gasteiger partial charge < -0.3 is 4.90 Å². The first kappa shape index (κ1) is 24.6. The monoisotopic (exact) mass is 502 g/mol. The van der Waals surface area contributed by atoms with Gasteiger partial charge in [0.25, 0.3) is 5.91 Å². The lowest BCUT2D eigenvalue weighted by Crippen LogP contribution is -2.51. The Morgan fingerprint density at radius 1 is 1.18 bits per heavy atom. The molecule has 11 heteroatoms. The lowest BCUT2D eigenvalue weighted by atomic mass is 9.91. The molecule has 1 aliphatic carbocycles. The number of sulfonamides is 1. The predicted molar refractivity (Wildman–Crippen MR) is 115 cm³/mol. The van der Waals surface area contributed by atoms with Crippen molar-refractivity contribution in [3.63, 3.8) is 0 Å². The number of nitrogens with zero attached hydrogens (tertiary/aromatic N) is 1. The molecule has 34 heavy (non-hydrogen) atoms. The van der Waals surface area contributed by atoms with Crippen molar-refractivity contribution in [2.45, 2.75) is 44.4 Å². The summed E-state index contributed by atoms with van der Waals surface area (Å²) in [5.41, 5.74) is -0.773. The van der Waals surface area contributed by atoms with Crippen LogP contribution in [-0.4, -0.2) is 50.0 Å². The van der Waals surface area contributed by atoms with Crippen molar-refractivity contribution < 1.29 is 35.2 Å². The molecule has 0 bridgehead atoms. The Hall–Kier alpha value is -2.53. The molecule has 3 atom stereocenters. The number of benzene rings is 2. The number of hydrogen-bond donors (Lipinski definition) is 1. The summed E-state index contributed by atoms with van der Waals surface area (Å²) in [6.07, 6.45) is -1.00. The maximum absolute atomic E-state index is 15.5. The zero-order valence-electron chi connectivity index (χ0n) is 18.2. The number of carbonyl (C=O) groups is 1. The van der Waals surface area contributed by atoms with E-state index in [4.69, 9.17) is 0 Å². The summed E-state index contributed by atoms with van der Waals surface area (Å²) in [6.45, 7) is 1.11. The number of halogens is 5. The molecule has 1 N–H and O–H groups in total. The Labute approximate surface area is 194 Å². The normalized spacial score (nSPS) is 22.2. The van der Waals surface area contributed by atoms with E-state index in [9.17, 15) is 30.8 Å². The average molecular weight is 503 g/mol. The number of amides is 1. The van der Waals surface area contributed by atoms with E-state index in [1.165, 1.54) is 23.1 Å². The van der Waals surface area contributed by atoms with Crippen LogP contribution in [0, 0.1) is 22.9 Å². The minimum atomic E-state index is -4.32. The fourth-order valence-corrected chi connectivity index (χ4v) is 5.65. The molecule has 1 heterocycles. The molecule has 1 spiro atoms. The largest absolute Gasteiger partial charge is 0.335 e. The number of rotatable bonds is 7. The second kappa shape index (κ2) is 8.92. The van der Waals surface area contributed by atoms with Gasteiger partial charge in [-0.05, 0) is 49.4 Å². The molecule has 4 rings (SSSR count). The van der Waals surface area contributed by atoms with Crippen molar-refractivity contribution in [1.82, 2.24) is 9.62 Å². The van der Waals surface area contributed by atoms with Gasteiger partial charge in [0.2, 0.25) is 16.0 Å². The number of carbonyl (C=O) groups excluding carboxylic acids is 1. The predicted octanol–water partition coefficient (Wildman–Crippen LogP) is 3.88. The fourth-order valence-electron chi connectivity index (χ4n) is 4.79. The standard InChI is InChI=1S/C23H23F5N2O3S/c1-13(25)22(31)30-11-23(5-6-23)21(29-34(32,33)12-24)19(30)9-14-3-2-4-18(20(14)28)15-7-16(26)10-17(27)8-15/h2-4,7-8,10,13,19,21,29H,5-6,9,11-12H2,1H3/t13?,19-,21+/m0/s1. The van der Waals surface area contributed by atoms with Crippen molar-refractivity contribution in [3.05, 3.63) is 59.4 Å². The van der Waals surface area contributed by atoms with Crippen molar-refractivity contribution in [3.8, 4) is 11.1 Å². The van der Waals surface area contributed by atoms with Crippen LogP contribution in [0.1, 0.15) is 25.3 Å². The van der Waals surface area contributed by atoms with Crippen molar-refractivity contribution in [2.75, 3.05) is 12.6 Å². The Morgan fingerprint density at radius 3 is 2.38 bits per heavy atom. The SMILES string of the molecule is CC(F)C(=O)N1CC2(CC2)[C@H](NS(=O)(=O)CF)[C@@H]1Cc1cccc(-c2cc(F)cc(F)c2)c1F. The number of nitrogens with one attached hydrogen (secondary N) is 1. The van der Waals surface area contributed by atoms with E-state index < -0.39 is 63.1 Å². The highest BCUT2D eigenvalue weighted by molar-refractivity contribution is 7.89. The van der Waals surface area contributed by atoms with E-state index in [2.05, 4.69) is 4.72 Å². The molecule has 0 radical (unpaired) electrons. The molecule has 5 nitrogen and oxygen atoms in total. The van der Waals surface area contributed by atoms with Crippen LogP contribution in [-0.2, 0) is 21.2 Å². The van der Waals surface area contributed by atoms with E-state index in [1.807, 2.05) is 0 Å². The first-order valence-corrected chi connectivity index (χ1v) is 12.4. The van der Waals surface area contributed by atoms with Crippen LogP contribution in [0.4, 0.5) is 22.0 Å². The second-order valence-corrected chi connectivity index (χ2v) is 10.7. The molecule has 1 amide bonds. The third-order valence-corrected chi connectivity index (χ3v) is 7.48. The third-order valence-electron chi connectivity index (χ3n) is 6.58. The first-order valence-electron chi connectivity index (χ1n) is 10.7. The molecule has 1 saturated carbocycles. The van der Waals surface area contributed by atoms with Crippen LogP contribution in [0.5, 0.6) is 0 Å². The van der Waals surface area contributed by atoms with E-state index in [-0.39, 0.29) is 29.7 Å². The van der Waals surface area contributed by atoms with Crippen LogP contribution in [0.3, 0.4) is 0 Å². The quantitative estimate of drug-likeness (QED) is 0.585. The lowest BCUT2D eigenvalue weighted by Gasteiger charge is -2.30. The summed E-state index contributed by atoms with van der Waals surface area (Å²) >= 11 is 0. The highest BCUT2D eigenvalue weighted by atomic mass is 32.2. The van der Waals surface area contributed by atoms with E-state index in [0.717, 1.165) is 19.1 Å². The summed E-state index contributed by atoms with van der Waals surface area (Å²) in [4.78, 5) is 13.8. The van der Waals surface area contributed by atoms with Crippen molar-refractivity contribution >= 4 is 15.9 Å².